The van der Waals surface area contributed by atoms with Crippen molar-refractivity contribution in [3.8, 4) is 0 Å². The van der Waals surface area contributed by atoms with Crippen LogP contribution in [0.2, 0.25) is 0 Å². The molecule has 96 valence electrons. The summed E-state index contributed by atoms with van der Waals surface area (Å²) in [5, 5.41) is 2.97. The van der Waals surface area contributed by atoms with Gasteiger partial charge in [-0.3, -0.25) is 15.0 Å². The van der Waals surface area contributed by atoms with Crippen LogP contribution in [0, 0.1) is 0 Å². The van der Waals surface area contributed by atoms with E-state index >= 15 is 0 Å². The minimum Gasteiger partial charge on any atom is -0.398 e. The molecular formula is C12H11N5O2. The molecule has 2 heterocycles. The van der Waals surface area contributed by atoms with Gasteiger partial charge < -0.3 is 5.73 Å². The second-order valence-corrected chi connectivity index (χ2v) is 4.21. The molecule has 1 aliphatic rings. The molecule has 7 nitrogen and oxygen atoms in total. The van der Waals surface area contributed by atoms with E-state index in [0.29, 0.717) is 11.2 Å². The van der Waals surface area contributed by atoms with E-state index in [0.717, 1.165) is 5.39 Å². The highest BCUT2D eigenvalue weighted by molar-refractivity contribution is 6.05. The third-order valence-corrected chi connectivity index (χ3v) is 2.94. The van der Waals surface area contributed by atoms with Gasteiger partial charge in [0.15, 0.2) is 0 Å². The summed E-state index contributed by atoms with van der Waals surface area (Å²) < 4.78 is 0. The number of hydrogen-bond acceptors (Lipinski definition) is 5. The van der Waals surface area contributed by atoms with Crippen molar-refractivity contribution in [2.24, 2.45) is 0 Å². The van der Waals surface area contributed by atoms with E-state index in [-0.39, 0.29) is 24.8 Å². The fourth-order valence-electron chi connectivity index (χ4n) is 1.95. The van der Waals surface area contributed by atoms with Crippen molar-refractivity contribution < 1.29 is 9.59 Å². The SMILES string of the molecule is Nc1cccc2nc(N3CCC(=O)NC3=O)ncc12. The summed E-state index contributed by atoms with van der Waals surface area (Å²) >= 11 is 0. The minimum absolute atomic E-state index is 0.240. The number of amides is 3. The van der Waals surface area contributed by atoms with E-state index in [2.05, 4.69) is 15.3 Å². The molecule has 0 aliphatic carbocycles. The fraction of sp³-hybridized carbons (Fsp3) is 0.167. The number of nitrogen functional groups attached to an aromatic ring is 1. The average Bonchev–Trinajstić information content (AvgIpc) is 2.38. The van der Waals surface area contributed by atoms with Crippen LogP contribution in [0.25, 0.3) is 10.9 Å². The Morgan fingerprint density at radius 2 is 2.16 bits per heavy atom. The van der Waals surface area contributed by atoms with Gasteiger partial charge in [0.2, 0.25) is 11.9 Å². The summed E-state index contributed by atoms with van der Waals surface area (Å²) in [4.78, 5) is 32.6. The molecule has 0 atom stereocenters. The van der Waals surface area contributed by atoms with E-state index in [9.17, 15) is 9.59 Å². The first kappa shape index (κ1) is 11.4. The van der Waals surface area contributed by atoms with Crippen molar-refractivity contribution >= 4 is 34.5 Å². The van der Waals surface area contributed by atoms with Gasteiger partial charge in [-0.2, -0.15) is 0 Å². The molecule has 1 fully saturated rings. The Balaban J connectivity index is 2.02. The molecule has 0 bridgehead atoms. The standard InChI is InChI=1S/C12H11N5O2/c13-8-2-1-3-9-7(8)6-14-11(15-9)17-5-4-10(18)16-12(17)19/h1-3,6H,4-5,13H2,(H,16,18,19). The molecule has 0 unspecified atom stereocenters. The lowest BCUT2D eigenvalue weighted by molar-refractivity contribution is -0.120. The van der Waals surface area contributed by atoms with Crippen LogP contribution in [0.3, 0.4) is 0 Å². The van der Waals surface area contributed by atoms with Gasteiger partial charge >= 0.3 is 6.03 Å². The maximum atomic E-state index is 11.7. The first-order chi connectivity index (χ1) is 9.15. The molecule has 2 aromatic rings. The summed E-state index contributed by atoms with van der Waals surface area (Å²) in [6.45, 7) is 0.276. The van der Waals surface area contributed by atoms with Gasteiger partial charge in [-0.25, -0.2) is 14.8 Å². The molecule has 0 spiro atoms. The fourth-order valence-corrected chi connectivity index (χ4v) is 1.95. The quantitative estimate of drug-likeness (QED) is 0.731. The molecule has 0 saturated carbocycles. The zero-order chi connectivity index (χ0) is 13.4. The molecule has 0 radical (unpaired) electrons. The number of nitrogens with two attached hydrogens (primary N) is 1. The zero-order valence-electron chi connectivity index (χ0n) is 9.96. The Bertz CT molecular complexity index is 685. The van der Waals surface area contributed by atoms with Crippen molar-refractivity contribution in [3.63, 3.8) is 0 Å². The lowest BCUT2D eigenvalue weighted by atomic mass is 10.2. The predicted octanol–water partition coefficient (Wildman–Crippen LogP) is 0.658. The van der Waals surface area contributed by atoms with E-state index in [1.165, 1.54) is 4.90 Å². The van der Waals surface area contributed by atoms with Crippen LogP contribution in [-0.4, -0.2) is 28.5 Å². The van der Waals surface area contributed by atoms with Crippen molar-refractivity contribution in [2.75, 3.05) is 17.2 Å². The van der Waals surface area contributed by atoms with E-state index in [1.807, 2.05) is 0 Å². The largest absolute Gasteiger partial charge is 0.398 e. The molecule has 1 aromatic carbocycles. The van der Waals surface area contributed by atoms with Gasteiger partial charge in [0.05, 0.1) is 5.52 Å². The van der Waals surface area contributed by atoms with Gasteiger partial charge in [0, 0.05) is 30.2 Å². The second kappa shape index (κ2) is 4.20. The van der Waals surface area contributed by atoms with Crippen LogP contribution >= 0.6 is 0 Å². The van der Waals surface area contributed by atoms with Gasteiger partial charge in [-0.15, -0.1) is 0 Å². The van der Waals surface area contributed by atoms with Gasteiger partial charge in [-0.1, -0.05) is 6.07 Å². The number of hydrogen-bond donors (Lipinski definition) is 2. The number of nitrogens with zero attached hydrogens (tertiary/aromatic N) is 3. The number of benzene rings is 1. The summed E-state index contributed by atoms with van der Waals surface area (Å²) in [5.41, 5.74) is 7.06. The summed E-state index contributed by atoms with van der Waals surface area (Å²) in [6.07, 6.45) is 1.82. The Kier molecular flexibility index (Phi) is 2.52. The highest BCUT2D eigenvalue weighted by Crippen LogP contribution is 2.21. The van der Waals surface area contributed by atoms with E-state index in [4.69, 9.17) is 5.73 Å². The second-order valence-electron chi connectivity index (χ2n) is 4.21. The van der Waals surface area contributed by atoms with Gasteiger partial charge in [0.1, 0.15) is 0 Å². The number of carbonyl (C=O) groups is 2. The van der Waals surface area contributed by atoms with E-state index < -0.39 is 6.03 Å². The summed E-state index contributed by atoms with van der Waals surface area (Å²) in [5.74, 6) is -0.0191. The molecule has 3 rings (SSSR count). The van der Waals surface area contributed by atoms with E-state index in [1.54, 1.807) is 24.4 Å². The molecule has 1 saturated heterocycles. The lowest BCUT2D eigenvalue weighted by Gasteiger charge is -2.24. The number of anilines is 2. The van der Waals surface area contributed by atoms with Crippen LogP contribution < -0.4 is 16.0 Å². The molecule has 19 heavy (non-hydrogen) atoms. The van der Waals surface area contributed by atoms with Gasteiger partial charge in [0.25, 0.3) is 0 Å². The molecule has 3 N–H and O–H groups in total. The van der Waals surface area contributed by atoms with Crippen molar-refractivity contribution in [3.05, 3.63) is 24.4 Å². The van der Waals surface area contributed by atoms with Crippen molar-refractivity contribution in [1.29, 1.82) is 0 Å². The van der Waals surface area contributed by atoms with Crippen LogP contribution in [-0.2, 0) is 4.79 Å². The monoisotopic (exact) mass is 257 g/mol. The third kappa shape index (κ3) is 1.95. The lowest BCUT2D eigenvalue weighted by Crippen LogP contribution is -2.50. The Labute approximate surface area is 108 Å². The molecule has 1 aromatic heterocycles. The number of urea groups is 1. The van der Waals surface area contributed by atoms with Crippen LogP contribution in [0.1, 0.15) is 6.42 Å². The highest BCUT2D eigenvalue weighted by atomic mass is 16.2. The maximum absolute atomic E-state index is 11.7. The zero-order valence-corrected chi connectivity index (χ0v) is 9.96. The van der Waals surface area contributed by atoms with Crippen molar-refractivity contribution in [2.45, 2.75) is 6.42 Å². The molecule has 7 heteroatoms. The van der Waals surface area contributed by atoms with Crippen molar-refractivity contribution in [1.82, 2.24) is 15.3 Å². The Morgan fingerprint density at radius 1 is 1.32 bits per heavy atom. The number of aromatic nitrogens is 2. The Morgan fingerprint density at radius 3 is 2.95 bits per heavy atom. The maximum Gasteiger partial charge on any atom is 0.330 e. The molecular weight excluding hydrogens is 246 g/mol. The predicted molar refractivity (Wildman–Crippen MR) is 69.5 cm³/mol. The number of rotatable bonds is 1. The molecule has 1 aliphatic heterocycles. The average molecular weight is 257 g/mol. The number of nitrogens with one attached hydrogen (secondary N) is 1. The number of fused-ring (bicyclic) bond motifs is 1. The van der Waals surface area contributed by atoms with Crippen LogP contribution in [0.5, 0.6) is 0 Å². The topological polar surface area (TPSA) is 101 Å². The first-order valence-electron chi connectivity index (χ1n) is 5.78. The smallest absolute Gasteiger partial charge is 0.330 e. The van der Waals surface area contributed by atoms with Gasteiger partial charge in [-0.05, 0) is 12.1 Å². The minimum atomic E-state index is -0.500. The summed E-state index contributed by atoms with van der Waals surface area (Å²) in [7, 11) is 0. The first-order valence-corrected chi connectivity index (χ1v) is 5.78. The Hall–Kier alpha value is -2.70. The van der Waals surface area contributed by atoms with Crippen LogP contribution in [0.4, 0.5) is 16.4 Å². The van der Waals surface area contributed by atoms with Crippen LogP contribution in [0.15, 0.2) is 24.4 Å². The number of carbonyl (C=O) groups excluding carboxylic acids is 2. The molecule has 3 amide bonds. The highest BCUT2D eigenvalue weighted by Gasteiger charge is 2.26. The normalized spacial score (nSPS) is 15.7. The summed E-state index contributed by atoms with van der Waals surface area (Å²) in [6, 6.07) is 4.84. The third-order valence-electron chi connectivity index (χ3n) is 2.94. The number of imide groups is 1.